The van der Waals surface area contributed by atoms with E-state index in [2.05, 4.69) is 4.90 Å². The molecule has 18 heavy (non-hydrogen) atoms. The summed E-state index contributed by atoms with van der Waals surface area (Å²) >= 11 is 0. The van der Waals surface area contributed by atoms with E-state index >= 15 is 0 Å². The summed E-state index contributed by atoms with van der Waals surface area (Å²) in [6.07, 6.45) is 0.697. The number of aryl methyl sites for hydroxylation is 2. The first-order valence-electron chi connectivity index (χ1n) is 6.13. The molecule has 2 rings (SSSR count). The second kappa shape index (κ2) is 4.55. The zero-order valence-electron chi connectivity index (χ0n) is 11.1. The summed E-state index contributed by atoms with van der Waals surface area (Å²) < 4.78 is 24.7. The molecule has 0 spiro atoms. The van der Waals surface area contributed by atoms with Crippen LogP contribution in [0.2, 0.25) is 0 Å². The van der Waals surface area contributed by atoms with Gasteiger partial charge in [-0.2, -0.15) is 0 Å². The van der Waals surface area contributed by atoms with E-state index in [1.54, 1.807) is 0 Å². The summed E-state index contributed by atoms with van der Waals surface area (Å²) in [5, 5.41) is 0. The molecule has 100 valence electrons. The van der Waals surface area contributed by atoms with E-state index in [-0.39, 0.29) is 11.8 Å². The summed E-state index contributed by atoms with van der Waals surface area (Å²) in [6.45, 7) is 4.35. The molecule has 1 aliphatic rings. The fourth-order valence-corrected chi connectivity index (χ4v) is 4.85. The second-order valence-corrected chi connectivity index (χ2v) is 7.02. The van der Waals surface area contributed by atoms with Gasteiger partial charge in [-0.05, 0) is 44.0 Å². The number of nitrogens with two attached hydrogens (primary N) is 1. The number of fused-ring (bicyclic) bond motifs is 1. The maximum Gasteiger partial charge on any atom is 0.182 e. The third-order valence-electron chi connectivity index (χ3n) is 3.55. The largest absolute Gasteiger partial charge is 0.369 e. The van der Waals surface area contributed by atoms with Crippen LogP contribution in [0.4, 0.5) is 5.69 Å². The maximum atomic E-state index is 12.4. The minimum atomic E-state index is -3.19. The van der Waals surface area contributed by atoms with Crippen molar-refractivity contribution in [3.63, 3.8) is 0 Å². The first-order chi connectivity index (χ1) is 8.36. The van der Waals surface area contributed by atoms with Gasteiger partial charge in [0.25, 0.3) is 0 Å². The Kier molecular flexibility index (Phi) is 3.38. The molecule has 1 heterocycles. The third kappa shape index (κ3) is 2.12. The molecule has 1 unspecified atom stereocenters. The Bertz CT molecular complexity index is 567. The molecule has 0 aromatic heterocycles. The second-order valence-electron chi connectivity index (χ2n) is 5.05. The molecule has 1 aromatic carbocycles. The Hall–Kier alpha value is -1.07. The lowest BCUT2D eigenvalue weighted by atomic mass is 10.1. The van der Waals surface area contributed by atoms with Crippen LogP contribution in [0.25, 0.3) is 0 Å². The van der Waals surface area contributed by atoms with Crippen LogP contribution >= 0.6 is 0 Å². The minimum absolute atomic E-state index is 0.0197. The molecular formula is C13H20N2O2S. The first-order valence-corrected chi connectivity index (χ1v) is 7.79. The van der Waals surface area contributed by atoms with Crippen molar-refractivity contribution < 1.29 is 8.42 Å². The number of benzene rings is 1. The molecule has 1 atom stereocenters. The molecule has 0 radical (unpaired) electrons. The van der Waals surface area contributed by atoms with Crippen LogP contribution < -0.4 is 10.6 Å². The average molecular weight is 268 g/mol. The Morgan fingerprint density at radius 2 is 2.06 bits per heavy atom. The van der Waals surface area contributed by atoms with Crippen LogP contribution in [0.1, 0.15) is 17.5 Å². The normalized spacial score (nSPS) is 21.8. The van der Waals surface area contributed by atoms with Gasteiger partial charge in [0.2, 0.25) is 0 Å². The van der Waals surface area contributed by atoms with Crippen LogP contribution in [0.5, 0.6) is 0 Å². The van der Waals surface area contributed by atoms with E-state index in [4.69, 9.17) is 5.73 Å². The monoisotopic (exact) mass is 268 g/mol. The van der Waals surface area contributed by atoms with Crippen molar-refractivity contribution in [2.75, 3.05) is 24.2 Å². The topological polar surface area (TPSA) is 63.4 Å². The third-order valence-corrected chi connectivity index (χ3v) is 5.53. The fourth-order valence-electron chi connectivity index (χ4n) is 2.71. The fraction of sp³-hybridized carbons (Fsp3) is 0.538. The van der Waals surface area contributed by atoms with Gasteiger partial charge in [0, 0.05) is 13.1 Å². The highest BCUT2D eigenvalue weighted by Gasteiger charge is 2.34. The van der Waals surface area contributed by atoms with Crippen molar-refractivity contribution in [3.8, 4) is 0 Å². The van der Waals surface area contributed by atoms with Gasteiger partial charge in [0.05, 0.1) is 16.3 Å². The van der Waals surface area contributed by atoms with E-state index < -0.39 is 9.84 Å². The highest BCUT2D eigenvalue weighted by molar-refractivity contribution is 7.91. The van der Waals surface area contributed by atoms with Crippen molar-refractivity contribution in [3.05, 3.63) is 23.3 Å². The molecule has 0 aliphatic carbocycles. The first kappa shape index (κ1) is 13.4. The summed E-state index contributed by atoms with van der Waals surface area (Å²) in [5.41, 5.74) is 8.31. The van der Waals surface area contributed by atoms with Crippen LogP contribution in [0, 0.1) is 13.8 Å². The number of nitrogens with zero attached hydrogens (tertiary/aromatic N) is 1. The molecule has 0 amide bonds. The van der Waals surface area contributed by atoms with Gasteiger partial charge in [-0.3, -0.25) is 0 Å². The zero-order valence-corrected chi connectivity index (χ0v) is 11.9. The number of sulfone groups is 1. The molecular weight excluding hydrogens is 248 g/mol. The number of hydrogen-bond donors (Lipinski definition) is 1. The molecule has 1 aliphatic heterocycles. The Morgan fingerprint density at radius 1 is 1.39 bits per heavy atom. The van der Waals surface area contributed by atoms with Crippen molar-refractivity contribution in [1.29, 1.82) is 0 Å². The Morgan fingerprint density at radius 3 is 2.67 bits per heavy atom. The molecule has 4 nitrogen and oxygen atoms in total. The summed E-state index contributed by atoms with van der Waals surface area (Å²) in [7, 11) is -1.24. The van der Waals surface area contributed by atoms with Crippen LogP contribution in [-0.2, 0) is 9.84 Å². The molecule has 2 N–H and O–H groups in total. The zero-order chi connectivity index (χ0) is 13.5. The molecule has 0 fully saturated rings. The Labute approximate surface area is 109 Å². The van der Waals surface area contributed by atoms with Gasteiger partial charge >= 0.3 is 0 Å². The van der Waals surface area contributed by atoms with E-state index in [1.807, 2.05) is 33.0 Å². The van der Waals surface area contributed by atoms with Gasteiger partial charge in [-0.15, -0.1) is 0 Å². The van der Waals surface area contributed by atoms with Gasteiger partial charge in [-0.1, -0.05) is 6.07 Å². The highest BCUT2D eigenvalue weighted by atomic mass is 32.2. The molecule has 1 aromatic rings. The molecule has 0 bridgehead atoms. The van der Waals surface area contributed by atoms with Crippen molar-refractivity contribution >= 4 is 15.5 Å². The standard InChI is InChI=1S/C13H20N2O2S/c1-9-6-10(2)13-12(7-9)15(3)11(4-5-14)8-18(13,16)17/h6-7,11H,4-5,8,14H2,1-3H3. The predicted molar refractivity (Wildman–Crippen MR) is 73.8 cm³/mol. The van der Waals surface area contributed by atoms with Crippen molar-refractivity contribution in [1.82, 2.24) is 0 Å². The smallest absolute Gasteiger partial charge is 0.182 e. The summed E-state index contributed by atoms with van der Waals surface area (Å²) in [5.74, 6) is 0.164. The lowest BCUT2D eigenvalue weighted by molar-refractivity contribution is 0.559. The quantitative estimate of drug-likeness (QED) is 0.876. The van der Waals surface area contributed by atoms with Crippen LogP contribution in [0.15, 0.2) is 17.0 Å². The summed E-state index contributed by atoms with van der Waals surface area (Å²) in [4.78, 5) is 2.55. The Balaban J connectivity index is 2.62. The van der Waals surface area contributed by atoms with E-state index in [1.165, 1.54) is 0 Å². The van der Waals surface area contributed by atoms with Crippen molar-refractivity contribution in [2.24, 2.45) is 5.73 Å². The SMILES string of the molecule is Cc1cc(C)c2c(c1)N(C)C(CCN)CS2(=O)=O. The molecule has 5 heteroatoms. The number of hydrogen-bond acceptors (Lipinski definition) is 4. The van der Waals surface area contributed by atoms with E-state index in [9.17, 15) is 8.42 Å². The number of rotatable bonds is 2. The summed E-state index contributed by atoms with van der Waals surface area (Å²) in [6, 6.07) is 3.85. The lowest BCUT2D eigenvalue weighted by Gasteiger charge is -2.36. The predicted octanol–water partition coefficient (Wildman–Crippen LogP) is 1.24. The average Bonchev–Trinajstić information content (AvgIpc) is 2.24. The van der Waals surface area contributed by atoms with E-state index in [0.29, 0.717) is 17.9 Å². The van der Waals surface area contributed by atoms with Crippen LogP contribution in [0.3, 0.4) is 0 Å². The van der Waals surface area contributed by atoms with Gasteiger partial charge in [-0.25, -0.2) is 8.42 Å². The molecule has 0 saturated carbocycles. The lowest BCUT2D eigenvalue weighted by Crippen LogP contribution is -2.43. The van der Waals surface area contributed by atoms with E-state index in [0.717, 1.165) is 16.8 Å². The highest BCUT2D eigenvalue weighted by Crippen LogP contribution is 2.36. The maximum absolute atomic E-state index is 12.4. The van der Waals surface area contributed by atoms with Crippen molar-refractivity contribution in [2.45, 2.75) is 31.2 Å². The van der Waals surface area contributed by atoms with Crippen LogP contribution in [-0.4, -0.2) is 33.8 Å². The molecule has 0 saturated heterocycles. The number of anilines is 1. The minimum Gasteiger partial charge on any atom is -0.369 e. The van der Waals surface area contributed by atoms with Gasteiger partial charge in [0.1, 0.15) is 0 Å². The van der Waals surface area contributed by atoms with Gasteiger partial charge in [0.15, 0.2) is 9.84 Å². The van der Waals surface area contributed by atoms with Gasteiger partial charge < -0.3 is 10.6 Å².